The zero-order valence-electron chi connectivity index (χ0n) is 34.7. The molecule has 2 aliphatic carbocycles. The van der Waals surface area contributed by atoms with E-state index >= 15 is 0 Å². The van der Waals surface area contributed by atoms with Gasteiger partial charge in [-0.25, -0.2) is 0 Å². The van der Waals surface area contributed by atoms with Gasteiger partial charge in [0.25, 0.3) is 0 Å². The molecule has 0 amide bonds. The van der Waals surface area contributed by atoms with E-state index in [9.17, 15) is 0 Å². The normalized spacial score (nSPS) is 12.9. The Morgan fingerprint density at radius 3 is 1.38 bits per heavy atom. The first-order chi connectivity index (χ1) is 31.6. The van der Waals surface area contributed by atoms with Gasteiger partial charge >= 0.3 is 0 Å². The SMILES string of the molecule is Clc1cc2c(cc1-c1ccc(N(c3ccc(-c4ccccc4)cc3)c3ccc(-c4ccc5c(c4)oc4ccccc45)cc3)cc1)C1(c3ccccc3-c3ccccc31)c1ccccc1-2. The van der Waals surface area contributed by atoms with E-state index in [2.05, 4.69) is 223 Å². The minimum atomic E-state index is -0.439. The molecule has 10 aromatic carbocycles. The van der Waals surface area contributed by atoms with E-state index in [0.717, 1.165) is 66.3 Å². The molecule has 64 heavy (non-hydrogen) atoms. The molecule has 0 saturated carbocycles. The highest BCUT2D eigenvalue weighted by molar-refractivity contribution is 6.34. The monoisotopic (exact) mass is 835 g/mol. The van der Waals surface area contributed by atoms with E-state index in [4.69, 9.17) is 16.0 Å². The van der Waals surface area contributed by atoms with Crippen molar-refractivity contribution in [1.29, 1.82) is 0 Å². The van der Waals surface area contributed by atoms with Gasteiger partial charge in [0.15, 0.2) is 0 Å². The molecular formula is C61H38ClNO. The van der Waals surface area contributed by atoms with E-state index in [-0.39, 0.29) is 0 Å². The number of rotatable bonds is 6. The van der Waals surface area contributed by atoms with Crippen molar-refractivity contribution >= 4 is 50.6 Å². The predicted molar refractivity (Wildman–Crippen MR) is 266 cm³/mol. The number of halogens is 1. The van der Waals surface area contributed by atoms with Gasteiger partial charge < -0.3 is 9.32 Å². The molecule has 0 fully saturated rings. The first-order valence-electron chi connectivity index (χ1n) is 21.8. The smallest absolute Gasteiger partial charge is 0.136 e. The Morgan fingerprint density at radius 1 is 0.312 bits per heavy atom. The standard InChI is InChI=1S/C61H38ClNO/c62-58-38-53-49-16-6-10-20-56(49)61(54-18-8-4-14-47(54)48-15-5-9-19-55(48)61)57(53)37-52(58)42-26-33-46(34-27-42)63(44-29-22-40(23-30-44)39-12-2-1-3-13-39)45-31-24-41(25-32-45)43-28-35-51-50-17-7-11-21-59(50)64-60(51)36-43/h1-38H. The van der Waals surface area contributed by atoms with Gasteiger partial charge in [0.05, 0.1) is 5.41 Å². The first kappa shape index (κ1) is 36.7. The molecule has 0 aliphatic heterocycles. The molecule has 0 saturated heterocycles. The van der Waals surface area contributed by atoms with Gasteiger partial charge in [0.2, 0.25) is 0 Å². The van der Waals surface area contributed by atoms with Crippen molar-refractivity contribution in [2.24, 2.45) is 0 Å². The summed E-state index contributed by atoms with van der Waals surface area (Å²) in [6, 6.07) is 83.1. The molecule has 1 heterocycles. The lowest BCUT2D eigenvalue weighted by molar-refractivity contribution is 0.669. The molecule has 13 rings (SSSR count). The number of benzene rings is 10. The second kappa shape index (κ2) is 14.3. The van der Waals surface area contributed by atoms with Crippen molar-refractivity contribution in [3.63, 3.8) is 0 Å². The molecule has 0 radical (unpaired) electrons. The lowest BCUT2D eigenvalue weighted by Crippen LogP contribution is -2.25. The Balaban J connectivity index is 0.907. The molecule has 3 heteroatoms. The maximum atomic E-state index is 7.37. The van der Waals surface area contributed by atoms with Crippen LogP contribution >= 0.6 is 11.6 Å². The Kier molecular flexibility index (Phi) is 8.22. The van der Waals surface area contributed by atoms with Gasteiger partial charge in [0.1, 0.15) is 11.2 Å². The third-order valence-corrected chi connectivity index (χ3v) is 13.9. The van der Waals surface area contributed by atoms with E-state index in [1.807, 2.05) is 12.1 Å². The Labute approximate surface area is 376 Å². The molecular weight excluding hydrogens is 798 g/mol. The third-order valence-electron chi connectivity index (χ3n) is 13.6. The quantitative estimate of drug-likeness (QED) is 0.166. The van der Waals surface area contributed by atoms with Gasteiger partial charge in [-0.15, -0.1) is 0 Å². The van der Waals surface area contributed by atoms with Crippen LogP contribution in [0.4, 0.5) is 17.1 Å². The fourth-order valence-corrected chi connectivity index (χ4v) is 11.0. The summed E-state index contributed by atoms with van der Waals surface area (Å²) < 4.78 is 6.26. The molecule has 0 bridgehead atoms. The van der Waals surface area contributed by atoms with Crippen LogP contribution < -0.4 is 4.90 Å². The van der Waals surface area contributed by atoms with Gasteiger partial charge in [0, 0.05) is 38.4 Å². The van der Waals surface area contributed by atoms with Crippen LogP contribution in [0.15, 0.2) is 235 Å². The minimum absolute atomic E-state index is 0.439. The fourth-order valence-electron chi connectivity index (χ4n) is 10.7. The summed E-state index contributed by atoms with van der Waals surface area (Å²) in [5.74, 6) is 0. The van der Waals surface area contributed by atoms with Crippen LogP contribution in [0.2, 0.25) is 5.02 Å². The Morgan fingerprint density at radius 2 is 0.766 bits per heavy atom. The van der Waals surface area contributed by atoms with Crippen LogP contribution in [0.3, 0.4) is 0 Å². The first-order valence-corrected chi connectivity index (χ1v) is 22.2. The topological polar surface area (TPSA) is 16.4 Å². The number of nitrogens with zero attached hydrogens (tertiary/aromatic N) is 1. The summed E-state index contributed by atoms with van der Waals surface area (Å²) in [5.41, 5.74) is 21.5. The molecule has 2 nitrogen and oxygen atoms in total. The highest BCUT2D eigenvalue weighted by Gasteiger charge is 2.51. The van der Waals surface area contributed by atoms with Crippen LogP contribution in [0.5, 0.6) is 0 Å². The maximum Gasteiger partial charge on any atom is 0.136 e. The number of hydrogen-bond acceptors (Lipinski definition) is 2. The predicted octanol–water partition coefficient (Wildman–Crippen LogP) is 17.1. The van der Waals surface area contributed by atoms with Crippen molar-refractivity contribution in [2.75, 3.05) is 4.90 Å². The van der Waals surface area contributed by atoms with Crippen LogP contribution in [0, 0.1) is 0 Å². The lowest BCUT2D eigenvalue weighted by Gasteiger charge is -2.31. The second-order valence-electron chi connectivity index (χ2n) is 16.9. The fraction of sp³-hybridized carbons (Fsp3) is 0.0164. The van der Waals surface area contributed by atoms with Crippen LogP contribution in [0.1, 0.15) is 22.3 Å². The molecule has 0 atom stereocenters. The largest absolute Gasteiger partial charge is 0.456 e. The maximum absolute atomic E-state index is 7.37. The van der Waals surface area contributed by atoms with Crippen molar-refractivity contribution in [3.8, 4) is 55.6 Å². The molecule has 11 aromatic rings. The van der Waals surface area contributed by atoms with E-state index < -0.39 is 5.41 Å². The summed E-state index contributed by atoms with van der Waals surface area (Å²) in [7, 11) is 0. The third kappa shape index (κ3) is 5.46. The summed E-state index contributed by atoms with van der Waals surface area (Å²) in [4.78, 5) is 2.33. The van der Waals surface area contributed by atoms with Crippen LogP contribution in [0.25, 0.3) is 77.6 Å². The highest BCUT2D eigenvalue weighted by atomic mass is 35.5. The Bertz CT molecular complexity index is 3560. The molecule has 1 aromatic heterocycles. The van der Waals surface area contributed by atoms with Gasteiger partial charge in [-0.2, -0.15) is 0 Å². The van der Waals surface area contributed by atoms with Gasteiger partial charge in [-0.3, -0.25) is 0 Å². The van der Waals surface area contributed by atoms with Crippen molar-refractivity contribution in [3.05, 3.63) is 258 Å². The summed E-state index contributed by atoms with van der Waals surface area (Å²) in [6.45, 7) is 0. The molecule has 1 spiro atoms. The summed E-state index contributed by atoms with van der Waals surface area (Å²) in [5, 5.41) is 3.00. The summed E-state index contributed by atoms with van der Waals surface area (Å²) >= 11 is 7.37. The zero-order chi connectivity index (χ0) is 42.4. The number of para-hydroxylation sites is 1. The van der Waals surface area contributed by atoms with Crippen molar-refractivity contribution in [2.45, 2.75) is 5.41 Å². The van der Waals surface area contributed by atoms with Crippen molar-refractivity contribution in [1.82, 2.24) is 0 Å². The van der Waals surface area contributed by atoms with E-state index in [1.165, 1.54) is 55.6 Å². The number of fused-ring (bicyclic) bond motifs is 13. The number of hydrogen-bond donors (Lipinski definition) is 0. The van der Waals surface area contributed by atoms with Crippen LogP contribution in [-0.2, 0) is 5.41 Å². The summed E-state index contributed by atoms with van der Waals surface area (Å²) in [6.07, 6.45) is 0. The van der Waals surface area contributed by atoms with E-state index in [0.29, 0.717) is 0 Å². The molecule has 0 N–H and O–H groups in total. The molecule has 0 unspecified atom stereocenters. The zero-order valence-corrected chi connectivity index (χ0v) is 35.4. The Hall–Kier alpha value is -7.91. The highest BCUT2D eigenvalue weighted by Crippen LogP contribution is 2.63. The number of anilines is 3. The van der Waals surface area contributed by atoms with Crippen LogP contribution in [-0.4, -0.2) is 0 Å². The second-order valence-corrected chi connectivity index (χ2v) is 17.3. The molecule has 300 valence electrons. The molecule has 2 aliphatic rings. The van der Waals surface area contributed by atoms with Gasteiger partial charge in [-0.05, 0) is 139 Å². The van der Waals surface area contributed by atoms with Gasteiger partial charge in [-0.1, -0.05) is 175 Å². The minimum Gasteiger partial charge on any atom is -0.456 e. The number of furan rings is 1. The lowest BCUT2D eigenvalue weighted by atomic mass is 9.70. The average molecular weight is 836 g/mol. The van der Waals surface area contributed by atoms with Crippen molar-refractivity contribution < 1.29 is 4.42 Å². The van der Waals surface area contributed by atoms with E-state index in [1.54, 1.807) is 0 Å². The average Bonchev–Trinajstić information content (AvgIpc) is 3.98.